The standard InChI is InChI=1S/C15H18N4O2/c1-20-14-8-13(17-9-18-14)15(19-16)10-3-2-4-12(7-10)21-11-5-6-11/h2-4,7-9,11,15,19H,5-6,16H2,1H3. The van der Waals surface area contributed by atoms with Crippen LogP contribution in [0.1, 0.15) is 30.1 Å². The van der Waals surface area contributed by atoms with Gasteiger partial charge < -0.3 is 9.47 Å². The Hall–Kier alpha value is -2.18. The van der Waals surface area contributed by atoms with Gasteiger partial charge in [-0.3, -0.25) is 5.84 Å². The van der Waals surface area contributed by atoms with Crippen LogP contribution in [0.3, 0.4) is 0 Å². The first-order valence-corrected chi connectivity index (χ1v) is 6.89. The lowest BCUT2D eigenvalue weighted by molar-refractivity contribution is 0.302. The van der Waals surface area contributed by atoms with E-state index in [1.54, 1.807) is 13.2 Å². The highest BCUT2D eigenvalue weighted by Gasteiger charge is 2.24. The van der Waals surface area contributed by atoms with E-state index in [4.69, 9.17) is 15.3 Å². The number of methoxy groups -OCH3 is 1. The van der Waals surface area contributed by atoms with Gasteiger partial charge in [0, 0.05) is 6.07 Å². The van der Waals surface area contributed by atoms with E-state index in [1.165, 1.54) is 6.33 Å². The van der Waals surface area contributed by atoms with Crippen molar-refractivity contribution in [1.29, 1.82) is 0 Å². The number of hydrogen-bond donors (Lipinski definition) is 2. The molecule has 0 radical (unpaired) electrons. The molecule has 6 heteroatoms. The van der Waals surface area contributed by atoms with Crippen molar-refractivity contribution < 1.29 is 9.47 Å². The highest BCUT2D eigenvalue weighted by molar-refractivity contribution is 5.35. The van der Waals surface area contributed by atoms with E-state index in [-0.39, 0.29) is 6.04 Å². The second kappa shape index (κ2) is 6.07. The quantitative estimate of drug-likeness (QED) is 0.620. The molecule has 1 unspecified atom stereocenters. The van der Waals surface area contributed by atoms with Crippen molar-refractivity contribution >= 4 is 0 Å². The summed E-state index contributed by atoms with van der Waals surface area (Å²) in [6.45, 7) is 0. The summed E-state index contributed by atoms with van der Waals surface area (Å²) < 4.78 is 10.9. The molecule has 3 rings (SSSR count). The summed E-state index contributed by atoms with van der Waals surface area (Å²) in [5.41, 5.74) is 4.51. The lowest BCUT2D eigenvalue weighted by atomic mass is 10.0. The molecule has 1 aliphatic carbocycles. The fourth-order valence-corrected chi connectivity index (χ4v) is 2.12. The second-order valence-corrected chi connectivity index (χ2v) is 4.97. The van der Waals surface area contributed by atoms with Crippen LogP contribution in [0.15, 0.2) is 36.7 Å². The molecule has 1 aliphatic rings. The van der Waals surface area contributed by atoms with E-state index in [0.29, 0.717) is 12.0 Å². The van der Waals surface area contributed by atoms with Crippen molar-refractivity contribution in [1.82, 2.24) is 15.4 Å². The summed E-state index contributed by atoms with van der Waals surface area (Å²) in [5, 5.41) is 0. The van der Waals surface area contributed by atoms with Crippen LogP contribution in [0.25, 0.3) is 0 Å². The highest BCUT2D eigenvalue weighted by Crippen LogP contribution is 2.29. The number of benzene rings is 1. The van der Waals surface area contributed by atoms with Gasteiger partial charge in [-0.15, -0.1) is 0 Å². The third-order valence-corrected chi connectivity index (χ3v) is 3.35. The number of hydrogen-bond acceptors (Lipinski definition) is 6. The number of nitrogens with two attached hydrogens (primary N) is 1. The van der Waals surface area contributed by atoms with E-state index >= 15 is 0 Å². The Morgan fingerprint density at radius 2 is 2.14 bits per heavy atom. The second-order valence-electron chi connectivity index (χ2n) is 4.97. The fraction of sp³-hybridized carbons (Fsp3) is 0.333. The van der Waals surface area contributed by atoms with Crippen molar-refractivity contribution in [2.75, 3.05) is 7.11 Å². The molecule has 1 saturated carbocycles. The molecule has 3 N–H and O–H groups in total. The Morgan fingerprint density at radius 1 is 1.29 bits per heavy atom. The minimum absolute atomic E-state index is 0.246. The van der Waals surface area contributed by atoms with Gasteiger partial charge in [0.25, 0.3) is 0 Å². The van der Waals surface area contributed by atoms with Crippen molar-refractivity contribution in [3.05, 3.63) is 47.9 Å². The van der Waals surface area contributed by atoms with Crippen molar-refractivity contribution in [2.24, 2.45) is 5.84 Å². The maximum absolute atomic E-state index is 5.82. The maximum atomic E-state index is 5.82. The Bertz CT molecular complexity index is 616. The van der Waals surface area contributed by atoms with Gasteiger partial charge in [-0.2, -0.15) is 0 Å². The lowest BCUT2D eigenvalue weighted by Gasteiger charge is -2.17. The van der Waals surface area contributed by atoms with Gasteiger partial charge in [0.1, 0.15) is 12.1 Å². The Kier molecular flexibility index (Phi) is 3.98. The van der Waals surface area contributed by atoms with Gasteiger partial charge in [0.05, 0.1) is 24.9 Å². The highest BCUT2D eigenvalue weighted by atomic mass is 16.5. The summed E-state index contributed by atoms with van der Waals surface area (Å²) >= 11 is 0. The lowest BCUT2D eigenvalue weighted by Crippen LogP contribution is -2.29. The summed E-state index contributed by atoms with van der Waals surface area (Å²) in [7, 11) is 1.57. The largest absolute Gasteiger partial charge is 0.490 e. The molecule has 0 spiro atoms. The number of nitrogens with zero attached hydrogens (tertiary/aromatic N) is 2. The molecule has 21 heavy (non-hydrogen) atoms. The molecular formula is C15H18N4O2. The zero-order valence-corrected chi connectivity index (χ0v) is 11.8. The van der Waals surface area contributed by atoms with Crippen LogP contribution in [0.4, 0.5) is 0 Å². The van der Waals surface area contributed by atoms with Gasteiger partial charge in [-0.25, -0.2) is 15.4 Å². The molecule has 2 aromatic rings. The Balaban J connectivity index is 1.87. The predicted octanol–water partition coefficient (Wildman–Crippen LogP) is 1.58. The SMILES string of the molecule is COc1cc(C(NN)c2cccc(OC3CC3)c2)ncn1. The van der Waals surface area contributed by atoms with Gasteiger partial charge in [-0.05, 0) is 30.5 Å². The van der Waals surface area contributed by atoms with Crippen molar-refractivity contribution in [3.63, 3.8) is 0 Å². The maximum Gasteiger partial charge on any atom is 0.216 e. The molecule has 1 fully saturated rings. The Morgan fingerprint density at radius 3 is 2.86 bits per heavy atom. The fourth-order valence-electron chi connectivity index (χ4n) is 2.12. The zero-order valence-electron chi connectivity index (χ0n) is 11.8. The van der Waals surface area contributed by atoms with Gasteiger partial charge >= 0.3 is 0 Å². The van der Waals surface area contributed by atoms with Crippen LogP contribution in [0.5, 0.6) is 11.6 Å². The molecule has 1 aromatic carbocycles. The normalized spacial score (nSPS) is 15.5. The molecule has 0 aliphatic heterocycles. The smallest absolute Gasteiger partial charge is 0.216 e. The van der Waals surface area contributed by atoms with Crippen LogP contribution in [-0.4, -0.2) is 23.2 Å². The predicted molar refractivity (Wildman–Crippen MR) is 77.8 cm³/mol. The summed E-state index contributed by atoms with van der Waals surface area (Å²) in [6, 6.07) is 9.39. The third-order valence-electron chi connectivity index (χ3n) is 3.35. The van der Waals surface area contributed by atoms with E-state index in [1.807, 2.05) is 24.3 Å². The summed E-state index contributed by atoms with van der Waals surface area (Å²) in [5.74, 6) is 7.06. The van der Waals surface area contributed by atoms with E-state index < -0.39 is 0 Å². The third kappa shape index (κ3) is 3.29. The Labute approximate surface area is 123 Å². The molecule has 1 aromatic heterocycles. The molecule has 0 bridgehead atoms. The molecule has 6 nitrogen and oxygen atoms in total. The molecule has 0 amide bonds. The van der Waals surface area contributed by atoms with Crippen molar-refractivity contribution in [3.8, 4) is 11.6 Å². The minimum Gasteiger partial charge on any atom is -0.490 e. The first-order valence-electron chi connectivity index (χ1n) is 6.89. The van der Waals surface area contributed by atoms with Crippen LogP contribution in [0, 0.1) is 0 Å². The average molecular weight is 286 g/mol. The number of aromatic nitrogens is 2. The summed E-state index contributed by atoms with van der Waals surface area (Å²) in [6.07, 6.45) is 4.09. The minimum atomic E-state index is -0.246. The van der Waals surface area contributed by atoms with Crippen LogP contribution >= 0.6 is 0 Å². The molecule has 110 valence electrons. The van der Waals surface area contributed by atoms with Crippen LogP contribution in [-0.2, 0) is 0 Å². The van der Waals surface area contributed by atoms with E-state index in [0.717, 1.165) is 29.8 Å². The first-order chi connectivity index (χ1) is 10.3. The van der Waals surface area contributed by atoms with Crippen LogP contribution in [0.2, 0.25) is 0 Å². The monoisotopic (exact) mass is 286 g/mol. The number of nitrogens with one attached hydrogen (secondary N) is 1. The average Bonchev–Trinajstić information content (AvgIpc) is 3.33. The van der Waals surface area contributed by atoms with Gasteiger partial charge in [0.15, 0.2) is 0 Å². The zero-order chi connectivity index (χ0) is 14.7. The number of ether oxygens (including phenoxy) is 2. The number of hydrazine groups is 1. The molecule has 0 saturated heterocycles. The molecular weight excluding hydrogens is 268 g/mol. The van der Waals surface area contributed by atoms with E-state index in [2.05, 4.69) is 15.4 Å². The summed E-state index contributed by atoms with van der Waals surface area (Å²) in [4.78, 5) is 8.27. The van der Waals surface area contributed by atoms with Gasteiger partial charge in [0.2, 0.25) is 5.88 Å². The topological polar surface area (TPSA) is 82.3 Å². The van der Waals surface area contributed by atoms with E-state index in [9.17, 15) is 0 Å². The number of rotatable bonds is 6. The molecule has 1 atom stereocenters. The van der Waals surface area contributed by atoms with Crippen molar-refractivity contribution in [2.45, 2.75) is 25.0 Å². The first kappa shape index (κ1) is 13.8. The van der Waals surface area contributed by atoms with Crippen LogP contribution < -0.4 is 20.7 Å². The molecule has 1 heterocycles. The van der Waals surface area contributed by atoms with Gasteiger partial charge in [-0.1, -0.05) is 12.1 Å².